The van der Waals surface area contributed by atoms with Gasteiger partial charge in [-0.05, 0) is 49.9 Å². The minimum Gasteiger partial charge on any atom is -0.598 e. The highest BCUT2D eigenvalue weighted by atomic mass is 32.2. The molecule has 0 aliphatic carbocycles. The molecular formula is C26H30F6N2OS. The molecule has 0 saturated carbocycles. The van der Waals surface area contributed by atoms with E-state index >= 15 is 4.39 Å². The maximum atomic E-state index is 15.4. The van der Waals surface area contributed by atoms with Gasteiger partial charge in [0.1, 0.15) is 16.6 Å². The van der Waals surface area contributed by atoms with Crippen LogP contribution in [0.25, 0.3) is 22.0 Å². The molecular weight excluding hydrogens is 502 g/mol. The van der Waals surface area contributed by atoms with Crippen LogP contribution in [0.15, 0.2) is 42.6 Å². The fraction of sp³-hybridized carbons (Fsp3) is 0.462. The fourth-order valence-corrected chi connectivity index (χ4v) is 4.76. The van der Waals surface area contributed by atoms with E-state index in [1.54, 1.807) is 25.3 Å². The number of halogens is 6. The van der Waals surface area contributed by atoms with Gasteiger partial charge in [-0.3, -0.25) is 0 Å². The van der Waals surface area contributed by atoms with Crippen LogP contribution in [-0.4, -0.2) is 20.3 Å². The van der Waals surface area contributed by atoms with Gasteiger partial charge in [0.05, 0.1) is 5.56 Å². The third-order valence-corrected chi connectivity index (χ3v) is 7.13. The van der Waals surface area contributed by atoms with Crippen molar-refractivity contribution in [2.24, 2.45) is 5.41 Å². The van der Waals surface area contributed by atoms with Crippen LogP contribution in [-0.2, 0) is 24.1 Å². The molecule has 1 aromatic heterocycles. The molecule has 0 radical (unpaired) electrons. The van der Waals surface area contributed by atoms with E-state index in [-0.39, 0.29) is 27.5 Å². The van der Waals surface area contributed by atoms with Crippen molar-refractivity contribution in [1.82, 2.24) is 9.29 Å². The molecule has 10 heteroatoms. The minimum absolute atomic E-state index is 0.0245. The van der Waals surface area contributed by atoms with Gasteiger partial charge in [-0.1, -0.05) is 39.0 Å². The van der Waals surface area contributed by atoms with Crippen molar-refractivity contribution in [3.63, 3.8) is 0 Å². The second-order valence-corrected chi connectivity index (χ2v) is 13.0. The number of aromatic nitrogens is 1. The summed E-state index contributed by atoms with van der Waals surface area (Å²) < 4.78 is 101. The summed E-state index contributed by atoms with van der Waals surface area (Å²) in [6.07, 6.45) is -6.24. The van der Waals surface area contributed by atoms with Crippen molar-refractivity contribution in [3.05, 3.63) is 59.5 Å². The highest BCUT2D eigenvalue weighted by Gasteiger charge is 2.37. The standard InChI is InChI=1S/C26H30F6N2OS/c1-24(2,3)14-34-13-18(22(23(28)29)33-36(35)25(4,5)6)17-11-20(27)16(12-21(17)34)15-9-7-8-10-19(15)26(30,31)32/h7-13,22-23,33H,14H2,1-6H3/t22?,36-/m0/s1. The molecule has 0 saturated heterocycles. The van der Waals surface area contributed by atoms with E-state index in [1.807, 2.05) is 20.8 Å². The van der Waals surface area contributed by atoms with E-state index < -0.39 is 46.1 Å². The van der Waals surface area contributed by atoms with Crippen LogP contribution in [0, 0.1) is 11.2 Å². The normalized spacial score (nSPS) is 15.1. The third-order valence-electron chi connectivity index (χ3n) is 5.55. The van der Waals surface area contributed by atoms with Gasteiger partial charge in [-0.2, -0.15) is 13.2 Å². The average molecular weight is 533 g/mol. The molecule has 198 valence electrons. The van der Waals surface area contributed by atoms with Crippen LogP contribution in [0.3, 0.4) is 0 Å². The minimum atomic E-state index is -4.71. The lowest BCUT2D eigenvalue weighted by atomic mass is 9.95. The highest BCUT2D eigenvalue weighted by Crippen LogP contribution is 2.41. The van der Waals surface area contributed by atoms with Gasteiger partial charge >= 0.3 is 6.18 Å². The largest absolute Gasteiger partial charge is 0.598 e. The second kappa shape index (κ2) is 9.95. The van der Waals surface area contributed by atoms with E-state index in [4.69, 9.17) is 0 Å². The van der Waals surface area contributed by atoms with Crippen LogP contribution in [0.5, 0.6) is 0 Å². The molecule has 3 rings (SSSR count). The Morgan fingerprint density at radius 1 is 0.972 bits per heavy atom. The Bertz CT molecular complexity index is 1220. The van der Waals surface area contributed by atoms with Crippen molar-refractivity contribution in [1.29, 1.82) is 0 Å². The van der Waals surface area contributed by atoms with Gasteiger partial charge in [0.25, 0.3) is 6.43 Å². The van der Waals surface area contributed by atoms with Gasteiger partial charge < -0.3 is 9.12 Å². The van der Waals surface area contributed by atoms with E-state index in [9.17, 15) is 26.5 Å². The quantitative estimate of drug-likeness (QED) is 0.259. The summed E-state index contributed by atoms with van der Waals surface area (Å²) in [7, 11) is 0. The monoisotopic (exact) mass is 532 g/mol. The van der Waals surface area contributed by atoms with Crippen LogP contribution in [0.4, 0.5) is 26.3 Å². The molecule has 0 amide bonds. The number of hydrogen-bond acceptors (Lipinski definition) is 2. The van der Waals surface area contributed by atoms with E-state index in [0.29, 0.717) is 12.1 Å². The average Bonchev–Trinajstić information content (AvgIpc) is 3.04. The van der Waals surface area contributed by atoms with Crippen molar-refractivity contribution >= 4 is 22.3 Å². The molecule has 0 bridgehead atoms. The van der Waals surface area contributed by atoms with Crippen LogP contribution < -0.4 is 4.72 Å². The summed E-state index contributed by atoms with van der Waals surface area (Å²) in [5.74, 6) is -0.973. The zero-order valence-corrected chi connectivity index (χ0v) is 21.8. The van der Waals surface area contributed by atoms with Crippen LogP contribution >= 0.6 is 0 Å². The first-order valence-corrected chi connectivity index (χ1v) is 12.5. The maximum Gasteiger partial charge on any atom is 0.417 e. The SMILES string of the molecule is CC(C)(C)Cn1cc(C(N[S@@+]([O-])C(C)(C)C)C(F)F)c2cc(F)c(-c3ccccc3C(F)(F)F)cc21. The topological polar surface area (TPSA) is 40.0 Å². The molecule has 36 heavy (non-hydrogen) atoms. The predicted octanol–water partition coefficient (Wildman–Crippen LogP) is 7.87. The Kier molecular flexibility index (Phi) is 7.85. The molecule has 3 nitrogen and oxygen atoms in total. The zero-order valence-electron chi connectivity index (χ0n) is 20.9. The molecule has 1 N–H and O–H groups in total. The number of nitrogens with one attached hydrogen (secondary N) is 1. The molecule has 1 unspecified atom stereocenters. The molecule has 2 aromatic carbocycles. The van der Waals surface area contributed by atoms with Crippen molar-refractivity contribution < 1.29 is 30.9 Å². The number of hydrogen-bond donors (Lipinski definition) is 1. The predicted molar refractivity (Wildman–Crippen MR) is 132 cm³/mol. The number of alkyl halides is 5. The molecule has 2 atom stereocenters. The summed E-state index contributed by atoms with van der Waals surface area (Å²) in [6, 6.07) is 5.24. The van der Waals surface area contributed by atoms with Gasteiger partial charge in [-0.15, -0.1) is 4.72 Å². The Labute approximate surface area is 210 Å². The molecule has 0 aliphatic heterocycles. The van der Waals surface area contributed by atoms with Gasteiger partial charge in [0.15, 0.2) is 0 Å². The summed E-state index contributed by atoms with van der Waals surface area (Å²) >= 11 is -1.85. The number of nitrogens with zero attached hydrogens (tertiary/aromatic N) is 1. The maximum absolute atomic E-state index is 15.4. The van der Waals surface area contributed by atoms with E-state index in [1.165, 1.54) is 30.5 Å². The lowest BCUT2D eigenvalue weighted by Crippen LogP contribution is -2.43. The molecule has 0 spiro atoms. The fourth-order valence-electron chi connectivity index (χ4n) is 3.94. The summed E-state index contributed by atoms with van der Waals surface area (Å²) in [4.78, 5) is 0. The molecule has 0 aliphatic rings. The summed E-state index contributed by atoms with van der Waals surface area (Å²) in [6.45, 7) is 11.0. The Morgan fingerprint density at radius 3 is 2.11 bits per heavy atom. The zero-order chi connectivity index (χ0) is 27.2. The molecule has 1 heterocycles. The Balaban J connectivity index is 2.28. The summed E-state index contributed by atoms with van der Waals surface area (Å²) in [5, 5.41) is 0.119. The van der Waals surface area contributed by atoms with Gasteiger partial charge in [0.2, 0.25) is 0 Å². The van der Waals surface area contributed by atoms with Gasteiger partial charge in [-0.25, -0.2) is 13.2 Å². The Morgan fingerprint density at radius 2 is 1.58 bits per heavy atom. The van der Waals surface area contributed by atoms with Crippen molar-refractivity contribution in [2.75, 3.05) is 0 Å². The summed E-state index contributed by atoms with van der Waals surface area (Å²) in [5.41, 5.74) is -1.62. The van der Waals surface area contributed by atoms with Crippen LogP contribution in [0.1, 0.15) is 58.7 Å². The second-order valence-electron chi connectivity index (χ2n) is 11.0. The smallest absolute Gasteiger partial charge is 0.417 e. The first-order valence-electron chi connectivity index (χ1n) is 11.4. The number of rotatable bonds is 6. The first kappa shape index (κ1) is 28.4. The van der Waals surface area contributed by atoms with Crippen molar-refractivity contribution in [3.8, 4) is 11.1 Å². The lowest BCUT2D eigenvalue weighted by molar-refractivity contribution is -0.137. The lowest BCUT2D eigenvalue weighted by Gasteiger charge is -2.27. The molecule has 3 aromatic rings. The molecule has 0 fully saturated rings. The third kappa shape index (κ3) is 6.20. The van der Waals surface area contributed by atoms with E-state index in [0.717, 1.165) is 12.1 Å². The number of fused-ring (bicyclic) bond motifs is 1. The van der Waals surface area contributed by atoms with Crippen molar-refractivity contribution in [2.45, 2.75) is 71.5 Å². The number of benzene rings is 2. The highest BCUT2D eigenvalue weighted by molar-refractivity contribution is 7.90. The van der Waals surface area contributed by atoms with Gasteiger partial charge in [0, 0.05) is 46.1 Å². The van der Waals surface area contributed by atoms with E-state index in [2.05, 4.69) is 4.72 Å². The Hall–Kier alpha value is -2.17. The first-order chi connectivity index (χ1) is 16.4. The van der Waals surface area contributed by atoms with Crippen LogP contribution in [0.2, 0.25) is 0 Å².